The van der Waals surface area contributed by atoms with Gasteiger partial charge in [0.15, 0.2) is 0 Å². The second-order valence-corrected chi connectivity index (χ2v) is 8.35. The van der Waals surface area contributed by atoms with Gasteiger partial charge < -0.3 is 20.1 Å². The van der Waals surface area contributed by atoms with Crippen molar-refractivity contribution >= 4 is 17.5 Å². The summed E-state index contributed by atoms with van der Waals surface area (Å²) in [6.07, 6.45) is 2.64. The lowest BCUT2D eigenvalue weighted by molar-refractivity contribution is 0.0601. The largest absolute Gasteiger partial charge is 0.496 e. The number of aromatic nitrogens is 1. The summed E-state index contributed by atoms with van der Waals surface area (Å²) in [5, 5.41) is 6.43. The van der Waals surface area contributed by atoms with Gasteiger partial charge in [-0.15, -0.1) is 0 Å². The minimum Gasteiger partial charge on any atom is -0.496 e. The summed E-state index contributed by atoms with van der Waals surface area (Å²) in [6.45, 7) is 8.71. The summed E-state index contributed by atoms with van der Waals surface area (Å²) in [5.41, 5.74) is 3.90. The van der Waals surface area contributed by atoms with Crippen LogP contribution in [0.25, 0.3) is 22.3 Å². The van der Waals surface area contributed by atoms with Crippen LogP contribution in [-0.2, 0) is 4.74 Å². The lowest BCUT2D eigenvalue weighted by Crippen LogP contribution is -2.11. The average molecular weight is 466 g/mol. The van der Waals surface area contributed by atoms with Crippen LogP contribution in [0.5, 0.6) is 5.75 Å². The maximum atomic E-state index is 15.2. The van der Waals surface area contributed by atoms with Gasteiger partial charge in [0.1, 0.15) is 17.4 Å². The Kier molecular flexibility index (Phi) is 8.10. The van der Waals surface area contributed by atoms with Gasteiger partial charge in [0.25, 0.3) is 0 Å². The minimum atomic E-state index is -0.520. The van der Waals surface area contributed by atoms with Crippen molar-refractivity contribution < 1.29 is 18.7 Å². The molecule has 0 bridgehead atoms. The van der Waals surface area contributed by atoms with Crippen LogP contribution in [0, 0.1) is 12.7 Å². The molecular weight excluding hydrogens is 433 g/mol. The predicted molar refractivity (Wildman–Crippen MR) is 135 cm³/mol. The minimum absolute atomic E-state index is 0.239. The quantitative estimate of drug-likeness (QED) is 0.361. The highest BCUT2D eigenvalue weighted by Gasteiger charge is 2.24. The Hall–Kier alpha value is -3.61. The van der Waals surface area contributed by atoms with Crippen molar-refractivity contribution in [2.75, 3.05) is 31.4 Å². The van der Waals surface area contributed by atoms with Crippen molar-refractivity contribution in [3.05, 3.63) is 59.5 Å². The van der Waals surface area contributed by atoms with E-state index in [1.807, 2.05) is 45.9 Å². The molecule has 1 heterocycles. The second kappa shape index (κ2) is 11.0. The molecule has 180 valence electrons. The van der Waals surface area contributed by atoms with Crippen LogP contribution in [0.1, 0.15) is 43.1 Å². The maximum absolute atomic E-state index is 15.2. The fraction of sp³-hybridized carbons (Fsp3) is 0.333. The van der Waals surface area contributed by atoms with Gasteiger partial charge in [0.2, 0.25) is 0 Å². The zero-order chi connectivity index (χ0) is 24.8. The van der Waals surface area contributed by atoms with E-state index in [4.69, 9.17) is 9.47 Å². The number of anilines is 2. The van der Waals surface area contributed by atoms with Crippen LogP contribution < -0.4 is 15.4 Å². The van der Waals surface area contributed by atoms with Crippen molar-refractivity contribution in [1.82, 2.24) is 4.98 Å². The lowest BCUT2D eigenvalue weighted by Gasteiger charge is -2.20. The first-order valence-corrected chi connectivity index (χ1v) is 11.4. The van der Waals surface area contributed by atoms with E-state index in [0.29, 0.717) is 39.3 Å². The Morgan fingerprint density at radius 1 is 1.12 bits per heavy atom. The van der Waals surface area contributed by atoms with Crippen molar-refractivity contribution in [2.45, 2.75) is 40.2 Å². The first-order chi connectivity index (χ1) is 16.3. The molecule has 34 heavy (non-hydrogen) atoms. The Labute approximate surface area is 200 Å². The van der Waals surface area contributed by atoms with Gasteiger partial charge in [-0.1, -0.05) is 6.92 Å². The van der Waals surface area contributed by atoms with Gasteiger partial charge in [-0.3, -0.25) is 0 Å². The standard InChI is InChI=1S/C27H32FN3O3/c1-7-12-29-19-9-10-20(23(28)13-19)21-14-22(27(32)34-6)25(17(4)26(21)33-5)18-8-11-24(30-15-18)31-16(2)3/h8-11,13-16,29H,7,12H2,1-6H3,(H,30,31). The number of methoxy groups -OCH3 is 2. The number of pyridine rings is 1. The van der Waals surface area contributed by atoms with Gasteiger partial charge in [-0.2, -0.15) is 0 Å². The van der Waals surface area contributed by atoms with Gasteiger partial charge in [-0.05, 0) is 63.6 Å². The van der Waals surface area contributed by atoms with Crippen LogP contribution in [0.4, 0.5) is 15.9 Å². The van der Waals surface area contributed by atoms with Crippen LogP contribution in [0.15, 0.2) is 42.6 Å². The number of hydrogen-bond acceptors (Lipinski definition) is 6. The van der Waals surface area contributed by atoms with E-state index in [1.54, 1.807) is 18.3 Å². The molecule has 3 rings (SSSR count). The van der Waals surface area contributed by atoms with Crippen LogP contribution in [0.2, 0.25) is 0 Å². The third-order valence-electron chi connectivity index (χ3n) is 5.45. The molecule has 1 aromatic heterocycles. The number of carbonyl (C=O) groups is 1. The van der Waals surface area contributed by atoms with Gasteiger partial charge in [0, 0.05) is 52.3 Å². The Morgan fingerprint density at radius 3 is 2.44 bits per heavy atom. The van der Waals surface area contributed by atoms with Crippen molar-refractivity contribution in [2.24, 2.45) is 0 Å². The number of hydrogen-bond donors (Lipinski definition) is 2. The topological polar surface area (TPSA) is 72.5 Å². The number of esters is 1. The highest BCUT2D eigenvalue weighted by molar-refractivity contribution is 6.01. The highest BCUT2D eigenvalue weighted by Crippen LogP contribution is 2.42. The first-order valence-electron chi connectivity index (χ1n) is 11.4. The molecule has 3 aromatic rings. The normalized spacial score (nSPS) is 10.8. The molecule has 0 aliphatic rings. The molecule has 2 N–H and O–H groups in total. The van der Waals surface area contributed by atoms with Gasteiger partial charge >= 0.3 is 5.97 Å². The second-order valence-electron chi connectivity index (χ2n) is 8.35. The van der Waals surface area contributed by atoms with Crippen molar-refractivity contribution in [3.8, 4) is 28.0 Å². The third-order valence-corrected chi connectivity index (χ3v) is 5.45. The van der Waals surface area contributed by atoms with E-state index in [0.717, 1.165) is 24.3 Å². The van der Waals surface area contributed by atoms with E-state index in [9.17, 15) is 4.79 Å². The Balaban J connectivity index is 2.18. The molecule has 7 heteroatoms. The molecule has 0 aliphatic carbocycles. The molecule has 0 saturated carbocycles. The van der Waals surface area contributed by atoms with Crippen LogP contribution in [0.3, 0.4) is 0 Å². The zero-order valence-corrected chi connectivity index (χ0v) is 20.6. The molecule has 6 nitrogen and oxygen atoms in total. The summed E-state index contributed by atoms with van der Waals surface area (Å²) in [5.74, 6) is 0.292. The lowest BCUT2D eigenvalue weighted by atomic mass is 9.90. The van der Waals surface area contributed by atoms with Gasteiger partial charge in [-0.25, -0.2) is 14.2 Å². The summed E-state index contributed by atoms with van der Waals surface area (Å²) in [7, 11) is 2.87. The molecule has 0 amide bonds. The smallest absolute Gasteiger partial charge is 0.338 e. The van der Waals surface area contributed by atoms with Crippen LogP contribution >= 0.6 is 0 Å². The summed E-state index contributed by atoms with van der Waals surface area (Å²) < 4.78 is 26.0. The zero-order valence-electron chi connectivity index (χ0n) is 20.6. The molecule has 0 aliphatic heterocycles. The molecule has 2 aromatic carbocycles. The highest BCUT2D eigenvalue weighted by atomic mass is 19.1. The summed E-state index contributed by atoms with van der Waals surface area (Å²) in [6, 6.07) is 10.6. The van der Waals surface area contributed by atoms with E-state index in [-0.39, 0.29) is 6.04 Å². The first kappa shape index (κ1) is 25.0. The van der Waals surface area contributed by atoms with E-state index >= 15 is 4.39 Å². The van der Waals surface area contributed by atoms with E-state index in [2.05, 4.69) is 15.6 Å². The van der Waals surface area contributed by atoms with Crippen molar-refractivity contribution in [3.63, 3.8) is 0 Å². The summed E-state index contributed by atoms with van der Waals surface area (Å²) >= 11 is 0. The number of benzene rings is 2. The molecule has 0 saturated heterocycles. The number of ether oxygens (including phenoxy) is 2. The van der Waals surface area contributed by atoms with Crippen LogP contribution in [-0.4, -0.2) is 37.8 Å². The number of rotatable bonds is 9. The van der Waals surface area contributed by atoms with E-state index in [1.165, 1.54) is 20.3 Å². The fourth-order valence-electron chi connectivity index (χ4n) is 3.94. The number of halogens is 1. The molecule has 0 fully saturated rings. The molecule has 0 unspecified atom stereocenters. The number of nitrogens with zero attached hydrogens (tertiary/aromatic N) is 1. The summed E-state index contributed by atoms with van der Waals surface area (Å²) in [4.78, 5) is 17.3. The molecule has 0 radical (unpaired) electrons. The Bertz CT molecular complexity index is 1160. The molecular formula is C27H32FN3O3. The van der Waals surface area contributed by atoms with E-state index < -0.39 is 11.8 Å². The average Bonchev–Trinajstić information content (AvgIpc) is 2.82. The molecule has 0 atom stereocenters. The van der Waals surface area contributed by atoms with Gasteiger partial charge in [0.05, 0.1) is 19.8 Å². The Morgan fingerprint density at radius 2 is 1.88 bits per heavy atom. The maximum Gasteiger partial charge on any atom is 0.338 e. The predicted octanol–water partition coefficient (Wildman–Crippen LogP) is 6.30. The van der Waals surface area contributed by atoms with Crippen molar-refractivity contribution in [1.29, 1.82) is 0 Å². The molecule has 0 spiro atoms. The monoisotopic (exact) mass is 465 g/mol. The number of nitrogens with one attached hydrogen (secondary N) is 2. The number of carbonyl (C=O) groups excluding carboxylic acids is 1. The third kappa shape index (κ3) is 5.30. The SMILES string of the molecule is CCCNc1ccc(-c2cc(C(=O)OC)c(-c3ccc(NC(C)C)nc3)c(C)c2OC)c(F)c1. The fourth-order valence-corrected chi connectivity index (χ4v) is 3.94.